The van der Waals surface area contributed by atoms with Gasteiger partial charge in [0, 0.05) is 14.8 Å². The Bertz CT molecular complexity index is 598. The van der Waals surface area contributed by atoms with Crippen molar-refractivity contribution in [2.75, 3.05) is 5.32 Å². The first-order valence-electron chi connectivity index (χ1n) is 5.88. The Balaban J connectivity index is 2.24. The molecule has 0 aromatic heterocycles. The number of amides is 1. The van der Waals surface area contributed by atoms with Gasteiger partial charge in [0.05, 0.1) is 5.38 Å². The Labute approximate surface area is 131 Å². The molecular weight excluding hydrogens is 373 g/mol. The second kappa shape index (κ2) is 6.39. The molecule has 4 heteroatoms. The molecular formula is C15H13ClINO. The molecule has 1 amide bonds. The molecule has 2 rings (SSSR count). The minimum absolute atomic E-state index is 0.122. The molecule has 0 bridgehead atoms. The van der Waals surface area contributed by atoms with E-state index in [1.54, 1.807) is 6.07 Å². The van der Waals surface area contributed by atoms with Crippen molar-refractivity contribution in [2.24, 2.45) is 0 Å². The highest BCUT2D eigenvalue weighted by atomic mass is 127. The number of benzene rings is 2. The van der Waals surface area contributed by atoms with E-state index in [9.17, 15) is 4.79 Å². The number of carbonyl (C=O) groups is 1. The maximum absolute atomic E-state index is 12.2. The van der Waals surface area contributed by atoms with Gasteiger partial charge in [-0.25, -0.2) is 0 Å². The van der Waals surface area contributed by atoms with Crippen LogP contribution in [0.15, 0.2) is 48.5 Å². The second-order valence-corrected chi connectivity index (χ2v) is 6.07. The molecule has 1 unspecified atom stereocenters. The molecule has 19 heavy (non-hydrogen) atoms. The fourth-order valence-electron chi connectivity index (χ4n) is 1.78. The summed E-state index contributed by atoms with van der Waals surface area (Å²) in [4.78, 5) is 12.2. The highest BCUT2D eigenvalue weighted by molar-refractivity contribution is 14.1. The molecule has 98 valence electrons. The van der Waals surface area contributed by atoms with E-state index in [-0.39, 0.29) is 11.3 Å². The van der Waals surface area contributed by atoms with Crippen LogP contribution >= 0.6 is 34.2 Å². The number of nitrogens with one attached hydrogen (secondary N) is 1. The Hall–Kier alpha value is -1.07. The molecule has 2 aromatic carbocycles. The van der Waals surface area contributed by atoms with E-state index in [2.05, 4.69) is 27.9 Å². The third-order valence-electron chi connectivity index (χ3n) is 2.72. The van der Waals surface area contributed by atoms with Gasteiger partial charge < -0.3 is 5.32 Å². The Kier molecular flexibility index (Phi) is 4.82. The molecule has 0 aliphatic rings. The van der Waals surface area contributed by atoms with Crippen LogP contribution in [0.25, 0.3) is 0 Å². The van der Waals surface area contributed by atoms with Crippen molar-refractivity contribution in [3.8, 4) is 0 Å². The van der Waals surface area contributed by atoms with Gasteiger partial charge in [-0.05, 0) is 59.3 Å². The SMILES string of the molecule is CC(Cl)c1ccccc1NC(=O)c1cccc(I)c1. The van der Waals surface area contributed by atoms with Gasteiger partial charge in [-0.3, -0.25) is 4.79 Å². The predicted molar refractivity (Wildman–Crippen MR) is 87.8 cm³/mol. The monoisotopic (exact) mass is 385 g/mol. The number of rotatable bonds is 3. The van der Waals surface area contributed by atoms with Gasteiger partial charge >= 0.3 is 0 Å². The number of para-hydroxylation sites is 1. The van der Waals surface area contributed by atoms with Gasteiger partial charge in [0.1, 0.15) is 0 Å². The highest BCUT2D eigenvalue weighted by Crippen LogP contribution is 2.27. The summed E-state index contributed by atoms with van der Waals surface area (Å²) in [5, 5.41) is 2.76. The van der Waals surface area contributed by atoms with Crippen molar-refractivity contribution in [3.63, 3.8) is 0 Å². The van der Waals surface area contributed by atoms with Gasteiger partial charge in [0.25, 0.3) is 5.91 Å². The Morgan fingerprint density at radius 3 is 2.63 bits per heavy atom. The van der Waals surface area contributed by atoms with E-state index in [0.29, 0.717) is 5.56 Å². The normalized spacial score (nSPS) is 11.9. The highest BCUT2D eigenvalue weighted by Gasteiger charge is 2.11. The third-order valence-corrected chi connectivity index (χ3v) is 3.63. The van der Waals surface area contributed by atoms with Crippen LogP contribution in [0.4, 0.5) is 5.69 Å². The maximum Gasteiger partial charge on any atom is 0.255 e. The number of alkyl halides is 1. The summed E-state index contributed by atoms with van der Waals surface area (Å²) in [6, 6.07) is 15.0. The van der Waals surface area contributed by atoms with Crippen molar-refractivity contribution < 1.29 is 4.79 Å². The standard InChI is InChI=1S/C15H13ClINO/c1-10(16)13-7-2-3-8-14(13)18-15(19)11-5-4-6-12(17)9-11/h2-10H,1H3,(H,18,19). The number of carbonyl (C=O) groups excluding carboxylic acids is 1. The average molecular weight is 386 g/mol. The summed E-state index contributed by atoms with van der Waals surface area (Å²) in [5.41, 5.74) is 2.32. The fourth-order valence-corrected chi connectivity index (χ4v) is 2.52. The van der Waals surface area contributed by atoms with Gasteiger partial charge in [-0.2, -0.15) is 0 Å². The first kappa shape index (κ1) is 14.3. The summed E-state index contributed by atoms with van der Waals surface area (Å²) in [5.74, 6) is -0.122. The molecule has 0 heterocycles. The summed E-state index contributed by atoms with van der Waals surface area (Å²) in [7, 11) is 0. The molecule has 2 nitrogen and oxygen atoms in total. The van der Waals surface area contributed by atoms with Crippen LogP contribution in [0, 0.1) is 3.57 Å². The van der Waals surface area contributed by atoms with Gasteiger partial charge in [0.15, 0.2) is 0 Å². The van der Waals surface area contributed by atoms with Crippen LogP contribution in [0.3, 0.4) is 0 Å². The minimum atomic E-state index is -0.146. The van der Waals surface area contributed by atoms with E-state index in [4.69, 9.17) is 11.6 Å². The lowest BCUT2D eigenvalue weighted by Gasteiger charge is -2.12. The predicted octanol–water partition coefficient (Wildman–Crippen LogP) is 4.84. The zero-order valence-electron chi connectivity index (χ0n) is 10.4. The smallest absolute Gasteiger partial charge is 0.255 e. The molecule has 1 N–H and O–H groups in total. The fraction of sp³-hybridized carbons (Fsp3) is 0.133. The van der Waals surface area contributed by atoms with Crippen molar-refractivity contribution in [2.45, 2.75) is 12.3 Å². The van der Waals surface area contributed by atoms with E-state index in [0.717, 1.165) is 14.8 Å². The third kappa shape index (κ3) is 3.70. The van der Waals surface area contributed by atoms with Crippen LogP contribution in [0.1, 0.15) is 28.2 Å². The summed E-state index contributed by atoms with van der Waals surface area (Å²) >= 11 is 8.30. The van der Waals surface area contributed by atoms with E-state index >= 15 is 0 Å². The van der Waals surface area contributed by atoms with Crippen LogP contribution in [0.5, 0.6) is 0 Å². The lowest BCUT2D eigenvalue weighted by molar-refractivity contribution is 0.102. The Morgan fingerprint density at radius 1 is 1.21 bits per heavy atom. The maximum atomic E-state index is 12.2. The summed E-state index contributed by atoms with van der Waals surface area (Å²) in [6.07, 6.45) is 0. The summed E-state index contributed by atoms with van der Waals surface area (Å²) < 4.78 is 1.03. The van der Waals surface area contributed by atoms with E-state index in [1.807, 2.05) is 49.4 Å². The molecule has 0 radical (unpaired) electrons. The Morgan fingerprint density at radius 2 is 1.95 bits per heavy atom. The molecule has 0 spiro atoms. The molecule has 1 atom stereocenters. The number of hydrogen-bond acceptors (Lipinski definition) is 1. The van der Waals surface area contributed by atoms with Crippen molar-refractivity contribution in [3.05, 3.63) is 63.2 Å². The number of anilines is 1. The largest absolute Gasteiger partial charge is 0.322 e. The number of halogens is 2. The molecule has 2 aromatic rings. The van der Waals surface area contributed by atoms with E-state index in [1.165, 1.54) is 0 Å². The average Bonchev–Trinajstić information content (AvgIpc) is 2.39. The zero-order valence-corrected chi connectivity index (χ0v) is 13.3. The molecule has 0 fully saturated rings. The quantitative estimate of drug-likeness (QED) is 0.594. The van der Waals surface area contributed by atoms with Crippen LogP contribution in [-0.4, -0.2) is 5.91 Å². The van der Waals surface area contributed by atoms with Gasteiger partial charge in [0.2, 0.25) is 0 Å². The van der Waals surface area contributed by atoms with Crippen molar-refractivity contribution in [1.82, 2.24) is 0 Å². The molecule has 0 aliphatic carbocycles. The number of hydrogen-bond donors (Lipinski definition) is 1. The van der Waals surface area contributed by atoms with E-state index < -0.39 is 0 Å². The van der Waals surface area contributed by atoms with Crippen molar-refractivity contribution >= 4 is 45.8 Å². The lowest BCUT2D eigenvalue weighted by atomic mass is 10.1. The molecule has 0 saturated carbocycles. The van der Waals surface area contributed by atoms with Crippen LogP contribution < -0.4 is 5.32 Å². The first-order chi connectivity index (χ1) is 9.08. The van der Waals surface area contributed by atoms with Crippen molar-refractivity contribution in [1.29, 1.82) is 0 Å². The lowest BCUT2D eigenvalue weighted by Crippen LogP contribution is -2.13. The van der Waals surface area contributed by atoms with Gasteiger partial charge in [-0.15, -0.1) is 11.6 Å². The summed E-state index contributed by atoms with van der Waals surface area (Å²) in [6.45, 7) is 1.89. The van der Waals surface area contributed by atoms with Crippen LogP contribution in [0.2, 0.25) is 0 Å². The first-order valence-corrected chi connectivity index (χ1v) is 7.39. The minimum Gasteiger partial charge on any atom is -0.322 e. The zero-order chi connectivity index (χ0) is 13.8. The van der Waals surface area contributed by atoms with Crippen LogP contribution in [-0.2, 0) is 0 Å². The molecule has 0 saturated heterocycles. The second-order valence-electron chi connectivity index (χ2n) is 4.17. The topological polar surface area (TPSA) is 29.1 Å². The van der Waals surface area contributed by atoms with Gasteiger partial charge in [-0.1, -0.05) is 24.3 Å². The molecule has 0 aliphatic heterocycles.